The quantitative estimate of drug-likeness (QED) is 0.142. The predicted molar refractivity (Wildman–Crippen MR) is 173 cm³/mol. The number of pyridine rings is 1. The molecule has 1 aliphatic heterocycles. The standard InChI is InChI=1S/C33H30Cl2FN5O2/c1-6-28(42)39-13-14-40(19(4)17-39)32-22-15-24(35)21(29-25(37)12-11-23(34)30(29)36)16-27(22)41(33(43)31(32)38-5)26-10-8-7-9-20(26)18(2)3/h6-12,15-16,18-19H,1,13-14,17,37H2,2-4H3/t19-/m0/s1. The molecule has 10 heteroatoms. The summed E-state index contributed by atoms with van der Waals surface area (Å²) in [7, 11) is 0. The molecule has 2 N–H and O–H groups in total. The van der Waals surface area contributed by atoms with Gasteiger partial charge in [0.2, 0.25) is 5.91 Å². The Bertz CT molecular complexity index is 1900. The van der Waals surface area contributed by atoms with Crippen LogP contribution in [0.3, 0.4) is 0 Å². The number of anilines is 2. The van der Waals surface area contributed by atoms with Crippen molar-refractivity contribution in [2.75, 3.05) is 30.3 Å². The monoisotopic (exact) mass is 617 g/mol. The third-order valence-corrected chi connectivity index (χ3v) is 8.52. The number of nitrogens with zero attached hydrogens (tertiary/aromatic N) is 4. The van der Waals surface area contributed by atoms with E-state index in [2.05, 4.69) is 11.4 Å². The summed E-state index contributed by atoms with van der Waals surface area (Å²) in [4.78, 5) is 34.1. The maximum absolute atomic E-state index is 15.4. The Kier molecular flexibility index (Phi) is 8.24. The number of para-hydroxylation sites is 1. The number of piperazine rings is 1. The van der Waals surface area contributed by atoms with Crippen molar-refractivity contribution in [2.45, 2.75) is 32.7 Å². The summed E-state index contributed by atoms with van der Waals surface area (Å²) in [6, 6.07) is 13.4. The number of nitrogens with two attached hydrogens (primary N) is 1. The predicted octanol–water partition coefficient (Wildman–Crippen LogP) is 7.58. The second kappa shape index (κ2) is 11.8. The van der Waals surface area contributed by atoms with Crippen LogP contribution < -0.4 is 16.2 Å². The zero-order valence-electron chi connectivity index (χ0n) is 24.0. The van der Waals surface area contributed by atoms with Gasteiger partial charge in [-0.1, -0.05) is 61.8 Å². The van der Waals surface area contributed by atoms with Crippen LogP contribution in [0.5, 0.6) is 0 Å². The van der Waals surface area contributed by atoms with Crippen molar-refractivity contribution in [3.05, 3.63) is 104 Å². The molecule has 7 nitrogen and oxygen atoms in total. The number of carbonyl (C=O) groups excluding carboxylic acids is 1. The molecule has 1 amide bonds. The lowest BCUT2D eigenvalue weighted by Gasteiger charge is -2.42. The van der Waals surface area contributed by atoms with Crippen molar-refractivity contribution in [2.24, 2.45) is 0 Å². The smallest absolute Gasteiger partial charge is 0.274 e. The van der Waals surface area contributed by atoms with Gasteiger partial charge in [-0.3, -0.25) is 14.2 Å². The lowest BCUT2D eigenvalue weighted by Crippen LogP contribution is -2.53. The number of benzene rings is 3. The van der Waals surface area contributed by atoms with Gasteiger partial charge in [0, 0.05) is 52.9 Å². The number of fused-ring (bicyclic) bond motifs is 1. The van der Waals surface area contributed by atoms with Crippen molar-refractivity contribution in [1.29, 1.82) is 0 Å². The van der Waals surface area contributed by atoms with Gasteiger partial charge >= 0.3 is 0 Å². The number of nitrogen functional groups attached to an aromatic ring is 1. The van der Waals surface area contributed by atoms with Crippen LogP contribution in [0.4, 0.5) is 21.5 Å². The third kappa shape index (κ3) is 5.13. The molecular formula is C33H30Cl2FN5O2. The number of hydrogen-bond acceptors (Lipinski definition) is 4. The molecule has 1 aromatic heterocycles. The molecule has 1 fully saturated rings. The van der Waals surface area contributed by atoms with Crippen molar-refractivity contribution in [1.82, 2.24) is 9.47 Å². The summed E-state index contributed by atoms with van der Waals surface area (Å²) in [6.45, 7) is 18.8. The molecule has 5 rings (SSSR count). The highest BCUT2D eigenvalue weighted by atomic mass is 35.5. The Morgan fingerprint density at radius 2 is 1.88 bits per heavy atom. The van der Waals surface area contributed by atoms with E-state index < -0.39 is 11.4 Å². The van der Waals surface area contributed by atoms with Crippen LogP contribution in [0.1, 0.15) is 32.3 Å². The molecule has 4 aromatic rings. The molecule has 3 aromatic carbocycles. The zero-order valence-corrected chi connectivity index (χ0v) is 25.5. The molecule has 1 saturated heterocycles. The summed E-state index contributed by atoms with van der Waals surface area (Å²) in [5, 5.41) is 0.593. The van der Waals surface area contributed by atoms with E-state index in [1.807, 2.05) is 49.9 Å². The Hall–Kier alpha value is -4.32. The van der Waals surface area contributed by atoms with E-state index in [1.165, 1.54) is 22.8 Å². The van der Waals surface area contributed by atoms with Crippen LogP contribution in [0.15, 0.2) is 66.0 Å². The largest absolute Gasteiger partial charge is 0.398 e. The van der Waals surface area contributed by atoms with E-state index in [4.69, 9.17) is 35.5 Å². The van der Waals surface area contributed by atoms with Gasteiger partial charge < -0.3 is 15.5 Å². The highest BCUT2D eigenvalue weighted by Gasteiger charge is 2.32. The molecular weight excluding hydrogens is 588 g/mol. The molecule has 0 spiro atoms. The molecule has 0 bridgehead atoms. The summed E-state index contributed by atoms with van der Waals surface area (Å²) < 4.78 is 16.9. The van der Waals surface area contributed by atoms with E-state index in [9.17, 15) is 9.59 Å². The van der Waals surface area contributed by atoms with Gasteiger partial charge in [0.1, 0.15) is 0 Å². The van der Waals surface area contributed by atoms with Gasteiger partial charge in [-0.05, 0) is 54.8 Å². The highest BCUT2D eigenvalue weighted by Crippen LogP contribution is 2.44. The molecule has 0 radical (unpaired) electrons. The lowest BCUT2D eigenvalue weighted by atomic mass is 9.97. The van der Waals surface area contributed by atoms with Gasteiger partial charge in [-0.2, -0.15) is 0 Å². The van der Waals surface area contributed by atoms with Gasteiger partial charge in [-0.15, -0.1) is 0 Å². The van der Waals surface area contributed by atoms with E-state index in [1.54, 1.807) is 17.0 Å². The van der Waals surface area contributed by atoms with Gasteiger partial charge in [0.15, 0.2) is 5.82 Å². The highest BCUT2D eigenvalue weighted by molar-refractivity contribution is 6.35. The first-order valence-corrected chi connectivity index (χ1v) is 14.6. The Labute approximate surface area is 259 Å². The van der Waals surface area contributed by atoms with E-state index in [0.29, 0.717) is 41.9 Å². The average Bonchev–Trinajstić information content (AvgIpc) is 2.99. The second-order valence-electron chi connectivity index (χ2n) is 10.9. The van der Waals surface area contributed by atoms with Gasteiger partial charge in [0.05, 0.1) is 28.5 Å². The topological polar surface area (TPSA) is 75.9 Å². The maximum atomic E-state index is 15.4. The molecule has 43 heavy (non-hydrogen) atoms. The molecule has 0 saturated carbocycles. The van der Waals surface area contributed by atoms with Crippen LogP contribution in [0.2, 0.25) is 10.0 Å². The summed E-state index contributed by atoms with van der Waals surface area (Å²) in [5.41, 5.74) is 8.39. The average molecular weight is 619 g/mol. The Morgan fingerprint density at radius 3 is 2.53 bits per heavy atom. The summed E-state index contributed by atoms with van der Waals surface area (Å²) in [5.74, 6) is -0.858. The minimum atomic E-state index is -0.728. The Balaban J connectivity index is 1.90. The summed E-state index contributed by atoms with van der Waals surface area (Å²) in [6.07, 6.45) is 1.28. The van der Waals surface area contributed by atoms with Crippen LogP contribution in [-0.4, -0.2) is 41.1 Å². The number of aromatic nitrogens is 1. The second-order valence-corrected chi connectivity index (χ2v) is 11.7. The first kappa shape index (κ1) is 30.1. The minimum absolute atomic E-state index is 0.0243. The van der Waals surface area contributed by atoms with Crippen molar-refractivity contribution in [3.8, 4) is 16.8 Å². The number of carbonyl (C=O) groups is 1. The third-order valence-electron chi connectivity index (χ3n) is 7.92. The number of amides is 1. The van der Waals surface area contributed by atoms with Crippen LogP contribution in [-0.2, 0) is 4.79 Å². The van der Waals surface area contributed by atoms with Crippen LogP contribution in [0.25, 0.3) is 32.6 Å². The molecule has 0 unspecified atom stereocenters. The van der Waals surface area contributed by atoms with Crippen LogP contribution >= 0.6 is 23.2 Å². The molecule has 0 aliphatic carbocycles. The number of halogens is 3. The van der Waals surface area contributed by atoms with E-state index >= 15 is 4.39 Å². The molecule has 1 atom stereocenters. The van der Waals surface area contributed by atoms with Crippen LogP contribution in [0, 0.1) is 12.4 Å². The van der Waals surface area contributed by atoms with E-state index in [0.717, 1.165) is 5.56 Å². The van der Waals surface area contributed by atoms with Gasteiger partial charge in [0.25, 0.3) is 11.2 Å². The van der Waals surface area contributed by atoms with Crippen molar-refractivity contribution >= 4 is 57.1 Å². The molecule has 220 valence electrons. The normalized spacial score (nSPS) is 15.2. The Morgan fingerprint density at radius 1 is 1.16 bits per heavy atom. The zero-order chi connectivity index (χ0) is 31.2. The first-order valence-electron chi connectivity index (χ1n) is 13.8. The maximum Gasteiger partial charge on any atom is 0.274 e. The minimum Gasteiger partial charge on any atom is -0.398 e. The van der Waals surface area contributed by atoms with Gasteiger partial charge in [-0.25, -0.2) is 9.24 Å². The first-order chi connectivity index (χ1) is 20.5. The molecule has 1 aliphatic rings. The fraction of sp³-hybridized carbons (Fsp3) is 0.242. The SMILES string of the molecule is [C-]#[N+]c1c(N2CCN(C(=O)C=C)C[C@@H]2C)c2cc(Cl)c(-c3c(N)ccc(Cl)c3F)cc2n(-c2ccccc2C(C)C)c1=O. The van der Waals surface area contributed by atoms with E-state index in [-0.39, 0.29) is 50.4 Å². The number of rotatable bonds is 5. The number of hydrogen-bond donors (Lipinski definition) is 1. The molecule has 2 heterocycles. The lowest BCUT2D eigenvalue weighted by molar-refractivity contribution is -0.126. The van der Waals surface area contributed by atoms with Crippen molar-refractivity contribution < 1.29 is 9.18 Å². The fourth-order valence-corrected chi connectivity index (χ4v) is 6.26. The van der Waals surface area contributed by atoms with Crippen molar-refractivity contribution in [3.63, 3.8) is 0 Å². The summed E-state index contributed by atoms with van der Waals surface area (Å²) >= 11 is 13.0. The fourth-order valence-electron chi connectivity index (χ4n) is 5.84.